The molecule has 0 atom stereocenters. The molecule has 0 fully saturated rings. The maximum absolute atomic E-state index is 14.2. The first-order valence-corrected chi connectivity index (χ1v) is 22.8. The summed E-state index contributed by atoms with van der Waals surface area (Å²) in [6, 6.07) is 11.5. The lowest BCUT2D eigenvalue weighted by atomic mass is 10.1. The van der Waals surface area contributed by atoms with Gasteiger partial charge < -0.3 is 14.6 Å². The minimum atomic E-state index is -4.63. The van der Waals surface area contributed by atoms with Crippen molar-refractivity contribution in [2.45, 2.75) is 33.4 Å². The second-order valence-electron chi connectivity index (χ2n) is 11.2. The molecule has 4 aromatic rings. The highest BCUT2D eigenvalue weighted by Gasteiger charge is 2.31. The molecule has 4 aromatic carbocycles. The van der Waals surface area contributed by atoms with E-state index in [1.165, 1.54) is 18.2 Å². The molecule has 18 nitrogen and oxygen atoms in total. The zero-order valence-electron chi connectivity index (χ0n) is 28.7. The van der Waals surface area contributed by atoms with Gasteiger partial charge in [0.1, 0.15) is 21.2 Å². The molecule has 0 radical (unpaired) electrons. The summed E-state index contributed by atoms with van der Waals surface area (Å²) >= 11 is 0. The summed E-state index contributed by atoms with van der Waals surface area (Å²) in [6.07, 6.45) is 0.780. The fraction of sp³-hybridized carbons (Fsp3) is 0.290. The first-order valence-electron chi connectivity index (χ1n) is 15.6. The number of nitro groups is 1. The Morgan fingerprint density at radius 2 is 1.41 bits per heavy atom. The Morgan fingerprint density at radius 1 is 0.815 bits per heavy atom. The molecule has 292 valence electrons. The van der Waals surface area contributed by atoms with Crippen molar-refractivity contribution in [1.29, 1.82) is 0 Å². The number of aromatic hydroxyl groups is 1. The number of nitrogens with one attached hydrogen (secondary N) is 1. The van der Waals surface area contributed by atoms with Gasteiger partial charge in [0.15, 0.2) is 9.84 Å². The van der Waals surface area contributed by atoms with Crippen LogP contribution in [0.1, 0.15) is 13.8 Å². The Labute approximate surface area is 316 Å². The van der Waals surface area contributed by atoms with Crippen LogP contribution in [0.15, 0.2) is 96.5 Å². The van der Waals surface area contributed by atoms with Gasteiger partial charge in [0.25, 0.3) is 24.8 Å². The standard InChI is InChI=1S/C31H34ClN5O13S4/c1-4-49-16-14-36(15-17-50-5-2)54(47,48)29-20-27(34-33-25-13-12-21(37(39)40)18-28(25)51(3,41)42)30-24(31(29)38)10-7-11-26(30)35-53(45,46)23-9-6-8-22(19-23)52(32,43)44/h6-13,18-20,35,38H,4-5,14-17H2,1-3H3/b34-33+. The van der Waals surface area contributed by atoms with Crippen molar-refractivity contribution in [2.24, 2.45) is 10.2 Å². The Bertz CT molecular complexity index is 2540. The number of sulfonamides is 2. The molecule has 4 rings (SSSR count). The lowest BCUT2D eigenvalue weighted by Crippen LogP contribution is -2.36. The predicted octanol–water partition coefficient (Wildman–Crippen LogP) is 5.06. The van der Waals surface area contributed by atoms with Crippen molar-refractivity contribution in [2.75, 3.05) is 50.5 Å². The van der Waals surface area contributed by atoms with E-state index in [-0.39, 0.29) is 61.7 Å². The number of non-ortho nitro benzene ring substituents is 1. The summed E-state index contributed by atoms with van der Waals surface area (Å²) in [7, 11) is -12.3. The number of ether oxygens (including phenoxy) is 2. The normalized spacial score (nSPS) is 12.8. The maximum atomic E-state index is 14.2. The lowest BCUT2D eigenvalue weighted by molar-refractivity contribution is -0.385. The molecule has 0 heterocycles. The smallest absolute Gasteiger partial charge is 0.270 e. The highest BCUT2D eigenvalue weighted by molar-refractivity contribution is 8.13. The summed E-state index contributed by atoms with van der Waals surface area (Å²) in [5.41, 5.74) is -1.65. The molecule has 0 bridgehead atoms. The van der Waals surface area contributed by atoms with Crippen LogP contribution in [-0.4, -0.2) is 93.8 Å². The van der Waals surface area contributed by atoms with Gasteiger partial charge in [0.05, 0.1) is 39.3 Å². The number of hydrogen-bond donors (Lipinski definition) is 2. The topological polar surface area (TPSA) is 258 Å². The molecule has 0 aliphatic carbocycles. The molecular weight excluding hydrogens is 814 g/mol. The molecule has 23 heteroatoms. The fourth-order valence-corrected chi connectivity index (χ4v) is 9.33. The zero-order chi connectivity index (χ0) is 40.1. The number of phenols is 1. The lowest BCUT2D eigenvalue weighted by Gasteiger charge is -2.23. The van der Waals surface area contributed by atoms with Gasteiger partial charge in [-0.2, -0.15) is 4.31 Å². The van der Waals surface area contributed by atoms with E-state index in [0.717, 1.165) is 59.1 Å². The fourth-order valence-electron chi connectivity index (χ4n) is 5.00. The number of sulfone groups is 1. The number of phenolic OH excluding ortho intramolecular Hbond substituents is 1. The zero-order valence-corrected chi connectivity index (χ0v) is 32.8. The molecule has 2 N–H and O–H groups in total. The monoisotopic (exact) mass is 847 g/mol. The van der Waals surface area contributed by atoms with Crippen LogP contribution >= 0.6 is 10.7 Å². The average molecular weight is 848 g/mol. The number of halogens is 1. The van der Waals surface area contributed by atoms with E-state index in [2.05, 4.69) is 15.0 Å². The van der Waals surface area contributed by atoms with Gasteiger partial charge in [0, 0.05) is 66.1 Å². The quantitative estimate of drug-likeness (QED) is 0.0437. The SMILES string of the molecule is CCOCCN(CCOCC)S(=O)(=O)c1cc(/N=N/c2ccc([N+](=O)[O-])cc2S(C)(=O)=O)c2c(NS(=O)(=O)c3cccc(S(=O)(=O)Cl)c3)cccc2c1O. The van der Waals surface area contributed by atoms with Crippen molar-refractivity contribution in [3.63, 3.8) is 0 Å². The highest BCUT2D eigenvalue weighted by Crippen LogP contribution is 2.44. The molecular formula is C31H34ClN5O13S4. The average Bonchev–Trinajstić information content (AvgIpc) is 3.10. The Kier molecular flexibility index (Phi) is 13.4. The third kappa shape index (κ3) is 9.87. The number of nitrogens with zero attached hydrogens (tertiary/aromatic N) is 4. The van der Waals surface area contributed by atoms with Crippen LogP contribution in [0.3, 0.4) is 0 Å². The minimum absolute atomic E-state index is 0.0185. The van der Waals surface area contributed by atoms with Crippen molar-refractivity contribution < 1.29 is 53.2 Å². The van der Waals surface area contributed by atoms with Crippen molar-refractivity contribution in [3.05, 3.63) is 76.8 Å². The second kappa shape index (κ2) is 17.0. The van der Waals surface area contributed by atoms with E-state index >= 15 is 0 Å². The number of fused-ring (bicyclic) bond motifs is 1. The number of azo groups is 1. The van der Waals surface area contributed by atoms with Crippen LogP contribution in [0.2, 0.25) is 0 Å². The maximum Gasteiger partial charge on any atom is 0.270 e. The molecule has 0 unspecified atom stereocenters. The van der Waals surface area contributed by atoms with E-state index in [1.807, 2.05) is 0 Å². The summed E-state index contributed by atoms with van der Waals surface area (Å²) < 4.78 is 119. The minimum Gasteiger partial charge on any atom is -0.506 e. The third-order valence-electron chi connectivity index (χ3n) is 7.53. The van der Waals surface area contributed by atoms with Crippen LogP contribution in [0.4, 0.5) is 22.7 Å². The predicted molar refractivity (Wildman–Crippen MR) is 198 cm³/mol. The number of nitro benzene ring substituents is 1. The van der Waals surface area contributed by atoms with Gasteiger partial charge in [0.2, 0.25) is 10.0 Å². The summed E-state index contributed by atoms with van der Waals surface area (Å²) in [4.78, 5) is 8.23. The van der Waals surface area contributed by atoms with Crippen LogP contribution < -0.4 is 4.72 Å². The van der Waals surface area contributed by atoms with Gasteiger partial charge in [-0.25, -0.2) is 33.7 Å². The van der Waals surface area contributed by atoms with Crippen molar-refractivity contribution in [3.8, 4) is 5.75 Å². The number of rotatable bonds is 18. The van der Waals surface area contributed by atoms with Crippen LogP contribution in [-0.2, 0) is 48.4 Å². The second-order valence-corrected chi connectivity index (χ2v) is 19.3. The van der Waals surface area contributed by atoms with Crippen molar-refractivity contribution in [1.82, 2.24) is 4.31 Å². The Morgan fingerprint density at radius 3 is 1.98 bits per heavy atom. The molecule has 0 saturated carbocycles. The molecule has 0 aliphatic heterocycles. The van der Waals surface area contributed by atoms with Crippen LogP contribution in [0.5, 0.6) is 5.75 Å². The molecule has 0 amide bonds. The first kappa shape index (κ1) is 42.5. The summed E-state index contributed by atoms with van der Waals surface area (Å²) in [6.45, 7) is 3.65. The van der Waals surface area contributed by atoms with E-state index in [0.29, 0.717) is 0 Å². The van der Waals surface area contributed by atoms with Gasteiger partial charge >= 0.3 is 0 Å². The van der Waals surface area contributed by atoms with Crippen molar-refractivity contribution >= 4 is 83.1 Å². The Balaban J connectivity index is 2.01. The number of benzene rings is 4. The number of hydrogen-bond acceptors (Lipinski definition) is 15. The van der Waals surface area contributed by atoms with E-state index < -0.39 is 80.6 Å². The van der Waals surface area contributed by atoms with E-state index in [4.69, 9.17) is 20.2 Å². The van der Waals surface area contributed by atoms with E-state index in [9.17, 15) is 48.9 Å². The molecule has 54 heavy (non-hydrogen) atoms. The number of anilines is 1. The molecule has 0 aromatic heterocycles. The molecule has 0 aliphatic rings. The van der Waals surface area contributed by atoms with Crippen LogP contribution in [0, 0.1) is 10.1 Å². The largest absolute Gasteiger partial charge is 0.506 e. The van der Waals surface area contributed by atoms with Gasteiger partial charge in [-0.1, -0.05) is 18.2 Å². The van der Waals surface area contributed by atoms with Gasteiger partial charge in [-0.15, -0.1) is 10.2 Å². The van der Waals surface area contributed by atoms with Gasteiger partial charge in [-0.05, 0) is 50.2 Å². The third-order valence-corrected chi connectivity index (χ3v) is 13.3. The van der Waals surface area contributed by atoms with Gasteiger partial charge in [-0.3, -0.25) is 14.8 Å². The summed E-state index contributed by atoms with van der Waals surface area (Å²) in [5.74, 6) is -0.815. The highest BCUT2D eigenvalue weighted by atomic mass is 35.7. The van der Waals surface area contributed by atoms with Crippen LogP contribution in [0.25, 0.3) is 10.8 Å². The molecule has 0 spiro atoms. The molecule has 0 saturated heterocycles. The van der Waals surface area contributed by atoms with E-state index in [1.54, 1.807) is 13.8 Å². The Hall–Kier alpha value is -4.29. The summed E-state index contributed by atoms with van der Waals surface area (Å²) in [5, 5.41) is 30.5. The first-order chi connectivity index (χ1) is 25.2.